The lowest BCUT2D eigenvalue weighted by Gasteiger charge is -2.12. The second-order valence-corrected chi connectivity index (χ2v) is 4.32. The zero-order valence-electron chi connectivity index (χ0n) is 10.5. The molecule has 3 rings (SSSR count). The van der Waals surface area contributed by atoms with Gasteiger partial charge < -0.3 is 0 Å². The van der Waals surface area contributed by atoms with Crippen LogP contribution in [-0.2, 0) is 9.59 Å². The summed E-state index contributed by atoms with van der Waals surface area (Å²) in [5.74, 6) is -0.356. The molecule has 0 unspecified atom stereocenters. The summed E-state index contributed by atoms with van der Waals surface area (Å²) in [6, 6.07) is 6.84. The van der Waals surface area contributed by atoms with Crippen molar-refractivity contribution in [1.29, 1.82) is 0 Å². The molecule has 4 heteroatoms. The van der Waals surface area contributed by atoms with E-state index < -0.39 is 0 Å². The predicted octanol–water partition coefficient (Wildman–Crippen LogP) is 2.10. The lowest BCUT2D eigenvalue weighted by atomic mass is 9.90. The van der Waals surface area contributed by atoms with E-state index in [0.717, 1.165) is 0 Å². The fraction of sp³-hybridized carbons (Fsp3) is 0. The maximum atomic E-state index is 12.2. The van der Waals surface area contributed by atoms with Crippen LogP contribution >= 0.6 is 0 Å². The van der Waals surface area contributed by atoms with Crippen LogP contribution in [0.15, 0.2) is 61.2 Å². The van der Waals surface area contributed by atoms with Crippen LogP contribution in [0.25, 0.3) is 11.1 Å². The van der Waals surface area contributed by atoms with Crippen LogP contribution in [0.4, 0.5) is 0 Å². The highest BCUT2D eigenvalue weighted by Gasteiger charge is 2.22. The molecule has 2 aromatic heterocycles. The quantitative estimate of drug-likeness (QED) is 0.777. The molecular weight excluding hydrogens is 252 g/mol. The Kier molecular flexibility index (Phi) is 3.05. The van der Waals surface area contributed by atoms with E-state index in [9.17, 15) is 9.59 Å². The lowest BCUT2D eigenvalue weighted by molar-refractivity contribution is -0.112. The second kappa shape index (κ2) is 5.01. The molecule has 2 aromatic rings. The van der Waals surface area contributed by atoms with Crippen molar-refractivity contribution in [3.05, 3.63) is 72.3 Å². The molecule has 2 heterocycles. The van der Waals surface area contributed by atoms with Crippen molar-refractivity contribution >= 4 is 22.7 Å². The van der Waals surface area contributed by atoms with E-state index in [-0.39, 0.29) is 11.6 Å². The molecule has 96 valence electrons. The summed E-state index contributed by atoms with van der Waals surface area (Å²) in [6.07, 6.45) is 9.14. The monoisotopic (exact) mass is 262 g/mol. The third-order valence-corrected chi connectivity index (χ3v) is 3.06. The molecular formula is C16H10N2O2. The van der Waals surface area contributed by atoms with Gasteiger partial charge >= 0.3 is 0 Å². The minimum atomic E-state index is -0.178. The number of hydrogen-bond acceptors (Lipinski definition) is 4. The first kappa shape index (κ1) is 12.2. The summed E-state index contributed by atoms with van der Waals surface area (Å²) in [5.41, 5.74) is 2.19. The Morgan fingerprint density at radius 3 is 1.30 bits per heavy atom. The smallest absolute Gasteiger partial charge is 0.187 e. The number of ketones is 2. The summed E-state index contributed by atoms with van der Waals surface area (Å²) < 4.78 is 0. The summed E-state index contributed by atoms with van der Waals surface area (Å²) >= 11 is 0. The third-order valence-electron chi connectivity index (χ3n) is 3.06. The van der Waals surface area contributed by atoms with Crippen molar-refractivity contribution in [2.75, 3.05) is 0 Å². The van der Waals surface area contributed by atoms with Gasteiger partial charge in [0.1, 0.15) is 0 Å². The Morgan fingerprint density at radius 2 is 0.950 bits per heavy atom. The Hall–Kier alpha value is -2.88. The number of pyridine rings is 2. The van der Waals surface area contributed by atoms with E-state index in [1.54, 1.807) is 49.1 Å². The molecule has 0 radical (unpaired) electrons. The highest BCUT2D eigenvalue weighted by atomic mass is 16.1. The maximum absolute atomic E-state index is 12.2. The SMILES string of the molecule is O=C1C=C(c2ccncc2)C(=O)C=C1c1ccncc1. The van der Waals surface area contributed by atoms with Gasteiger partial charge in [0, 0.05) is 35.9 Å². The number of nitrogens with zero attached hydrogens (tertiary/aromatic N) is 2. The standard InChI is InChI=1S/C16H10N2O2/c19-15-10-14(12-3-7-18-8-4-12)16(20)9-13(15)11-1-5-17-6-2-11/h1-10H. The van der Waals surface area contributed by atoms with Crippen molar-refractivity contribution in [3.8, 4) is 0 Å². The van der Waals surface area contributed by atoms with E-state index in [1.165, 1.54) is 12.2 Å². The molecule has 0 amide bonds. The Bertz CT molecular complexity index is 666. The van der Waals surface area contributed by atoms with Gasteiger partial charge in [0.25, 0.3) is 0 Å². The van der Waals surface area contributed by atoms with Crippen molar-refractivity contribution < 1.29 is 9.59 Å². The van der Waals surface area contributed by atoms with Crippen molar-refractivity contribution in [2.24, 2.45) is 0 Å². The number of carbonyl (C=O) groups excluding carboxylic acids is 2. The van der Waals surface area contributed by atoms with Gasteiger partial charge in [0.2, 0.25) is 0 Å². The Morgan fingerprint density at radius 1 is 0.600 bits per heavy atom. The number of hydrogen-bond donors (Lipinski definition) is 0. The van der Waals surface area contributed by atoms with Crippen LogP contribution in [0.2, 0.25) is 0 Å². The molecule has 0 aromatic carbocycles. The number of aromatic nitrogens is 2. The first-order valence-corrected chi connectivity index (χ1v) is 6.08. The van der Waals surface area contributed by atoms with E-state index in [2.05, 4.69) is 9.97 Å². The summed E-state index contributed by atoms with van der Waals surface area (Å²) in [5, 5.41) is 0. The molecule has 20 heavy (non-hydrogen) atoms. The van der Waals surface area contributed by atoms with Gasteiger partial charge in [-0.2, -0.15) is 0 Å². The first-order chi connectivity index (χ1) is 9.75. The average Bonchev–Trinajstić information content (AvgIpc) is 2.51. The molecule has 0 atom stereocenters. The lowest BCUT2D eigenvalue weighted by Crippen LogP contribution is -2.11. The van der Waals surface area contributed by atoms with Crippen molar-refractivity contribution in [2.45, 2.75) is 0 Å². The maximum Gasteiger partial charge on any atom is 0.187 e. The first-order valence-electron chi connectivity index (χ1n) is 6.08. The predicted molar refractivity (Wildman–Crippen MR) is 74.4 cm³/mol. The van der Waals surface area contributed by atoms with Crippen LogP contribution in [0.3, 0.4) is 0 Å². The van der Waals surface area contributed by atoms with Crippen LogP contribution in [0, 0.1) is 0 Å². The highest BCUT2D eigenvalue weighted by molar-refractivity contribution is 6.43. The third kappa shape index (κ3) is 2.19. The van der Waals surface area contributed by atoms with Crippen molar-refractivity contribution in [3.63, 3.8) is 0 Å². The van der Waals surface area contributed by atoms with Crippen molar-refractivity contribution in [1.82, 2.24) is 9.97 Å². The molecule has 0 N–H and O–H groups in total. The van der Waals surface area contributed by atoms with Gasteiger partial charge in [-0.1, -0.05) is 0 Å². The van der Waals surface area contributed by atoms with Gasteiger partial charge in [0.15, 0.2) is 11.6 Å². The zero-order valence-corrected chi connectivity index (χ0v) is 10.5. The molecule has 1 aliphatic rings. The van der Waals surface area contributed by atoms with Gasteiger partial charge in [0.05, 0.1) is 0 Å². The fourth-order valence-electron chi connectivity index (χ4n) is 2.07. The molecule has 0 aliphatic heterocycles. The fourth-order valence-corrected chi connectivity index (χ4v) is 2.07. The van der Waals surface area contributed by atoms with E-state index in [0.29, 0.717) is 22.3 Å². The summed E-state index contributed by atoms with van der Waals surface area (Å²) in [6.45, 7) is 0. The van der Waals surface area contributed by atoms with Crippen LogP contribution < -0.4 is 0 Å². The summed E-state index contributed by atoms with van der Waals surface area (Å²) in [7, 11) is 0. The number of rotatable bonds is 2. The average molecular weight is 262 g/mol. The molecule has 0 saturated heterocycles. The highest BCUT2D eigenvalue weighted by Crippen LogP contribution is 2.26. The molecule has 4 nitrogen and oxygen atoms in total. The molecule has 0 spiro atoms. The number of allylic oxidation sites excluding steroid dienone is 4. The van der Waals surface area contributed by atoms with Gasteiger partial charge in [-0.3, -0.25) is 19.6 Å². The van der Waals surface area contributed by atoms with Gasteiger partial charge in [-0.05, 0) is 47.5 Å². The van der Waals surface area contributed by atoms with E-state index in [4.69, 9.17) is 0 Å². The second-order valence-electron chi connectivity index (χ2n) is 4.32. The number of carbonyl (C=O) groups is 2. The topological polar surface area (TPSA) is 59.9 Å². The summed E-state index contributed by atoms with van der Waals surface area (Å²) in [4.78, 5) is 32.2. The normalized spacial score (nSPS) is 14.8. The molecule has 0 bridgehead atoms. The zero-order chi connectivity index (χ0) is 13.9. The van der Waals surface area contributed by atoms with Gasteiger partial charge in [-0.25, -0.2) is 0 Å². The van der Waals surface area contributed by atoms with E-state index in [1.807, 2.05) is 0 Å². The van der Waals surface area contributed by atoms with Gasteiger partial charge in [-0.15, -0.1) is 0 Å². The van der Waals surface area contributed by atoms with Crippen LogP contribution in [-0.4, -0.2) is 21.5 Å². The van der Waals surface area contributed by atoms with Crippen LogP contribution in [0.1, 0.15) is 11.1 Å². The minimum Gasteiger partial charge on any atom is -0.289 e. The minimum absolute atomic E-state index is 0.178. The molecule has 0 fully saturated rings. The van der Waals surface area contributed by atoms with E-state index >= 15 is 0 Å². The Balaban J connectivity index is 2.00. The molecule has 0 saturated carbocycles. The largest absolute Gasteiger partial charge is 0.289 e. The van der Waals surface area contributed by atoms with Crippen LogP contribution in [0.5, 0.6) is 0 Å². The Labute approximate surface area is 115 Å². The molecule has 1 aliphatic carbocycles.